The summed E-state index contributed by atoms with van der Waals surface area (Å²) in [5.41, 5.74) is 0.0883. The van der Waals surface area contributed by atoms with E-state index in [1.807, 2.05) is 6.92 Å². The predicted octanol–water partition coefficient (Wildman–Crippen LogP) is 3.00. The standard InChI is InChI=1S/C24H24N2O8/c1-4-32-16-10-11-18(20(13-16)33-5-2)26-22(28)17(21(27)25-24(26)31)12-15-8-6-7-9-19(15)34-14(3)23(29)30/h6-14H,4-5H2,1-3H3,(H,29,30)(H,25,27,31)/b17-12+/t14-/m0/s1. The number of carboxylic acid groups (broad SMARTS) is 1. The zero-order chi connectivity index (χ0) is 24.8. The molecule has 1 fully saturated rings. The van der Waals surface area contributed by atoms with Crippen molar-refractivity contribution in [3.05, 3.63) is 53.6 Å². The molecule has 0 radical (unpaired) electrons. The summed E-state index contributed by atoms with van der Waals surface area (Å²) in [6.07, 6.45) is 0.0850. The van der Waals surface area contributed by atoms with Gasteiger partial charge in [0.1, 0.15) is 22.8 Å². The summed E-state index contributed by atoms with van der Waals surface area (Å²) < 4.78 is 16.5. The summed E-state index contributed by atoms with van der Waals surface area (Å²) in [5.74, 6) is -2.07. The molecule has 10 nitrogen and oxygen atoms in total. The summed E-state index contributed by atoms with van der Waals surface area (Å²) >= 11 is 0. The molecule has 0 bridgehead atoms. The molecule has 34 heavy (non-hydrogen) atoms. The maximum atomic E-state index is 13.3. The van der Waals surface area contributed by atoms with E-state index in [2.05, 4.69) is 5.32 Å². The fourth-order valence-electron chi connectivity index (χ4n) is 3.19. The van der Waals surface area contributed by atoms with Crippen LogP contribution in [0.1, 0.15) is 26.3 Å². The molecule has 0 aliphatic carbocycles. The van der Waals surface area contributed by atoms with Crippen LogP contribution in [-0.2, 0) is 14.4 Å². The van der Waals surface area contributed by atoms with Gasteiger partial charge in [-0.15, -0.1) is 0 Å². The van der Waals surface area contributed by atoms with E-state index in [0.29, 0.717) is 17.9 Å². The molecule has 10 heteroatoms. The number of anilines is 1. The van der Waals surface area contributed by atoms with Gasteiger partial charge in [-0.25, -0.2) is 14.5 Å². The number of barbiturate groups is 1. The van der Waals surface area contributed by atoms with Crippen LogP contribution in [0.2, 0.25) is 0 Å². The third-order valence-electron chi connectivity index (χ3n) is 4.76. The first kappa shape index (κ1) is 24.3. The Kier molecular flexibility index (Phi) is 7.52. The Morgan fingerprint density at radius 2 is 1.76 bits per heavy atom. The highest BCUT2D eigenvalue weighted by atomic mass is 16.5. The van der Waals surface area contributed by atoms with Gasteiger partial charge in [0, 0.05) is 11.6 Å². The lowest BCUT2D eigenvalue weighted by Gasteiger charge is -2.28. The first-order valence-corrected chi connectivity index (χ1v) is 10.6. The van der Waals surface area contributed by atoms with Gasteiger partial charge in [-0.3, -0.25) is 14.9 Å². The number of hydrogen-bond acceptors (Lipinski definition) is 7. The molecule has 4 amide bonds. The molecule has 1 atom stereocenters. The van der Waals surface area contributed by atoms with Crippen molar-refractivity contribution in [2.45, 2.75) is 26.9 Å². The van der Waals surface area contributed by atoms with E-state index < -0.39 is 29.9 Å². The average Bonchev–Trinajstić information content (AvgIpc) is 2.79. The van der Waals surface area contributed by atoms with Gasteiger partial charge in [0.2, 0.25) is 0 Å². The van der Waals surface area contributed by atoms with E-state index in [1.54, 1.807) is 37.3 Å². The smallest absolute Gasteiger partial charge is 0.344 e. The second kappa shape index (κ2) is 10.5. The zero-order valence-corrected chi connectivity index (χ0v) is 18.9. The number of urea groups is 1. The number of ether oxygens (including phenoxy) is 3. The summed E-state index contributed by atoms with van der Waals surface area (Å²) in [6.45, 7) is 5.60. The van der Waals surface area contributed by atoms with Crippen molar-refractivity contribution in [3.8, 4) is 17.2 Å². The van der Waals surface area contributed by atoms with Crippen molar-refractivity contribution >= 4 is 35.6 Å². The first-order valence-electron chi connectivity index (χ1n) is 10.6. The molecule has 1 aliphatic rings. The topological polar surface area (TPSA) is 131 Å². The lowest BCUT2D eigenvalue weighted by atomic mass is 10.1. The van der Waals surface area contributed by atoms with E-state index in [0.717, 1.165) is 4.90 Å². The Balaban J connectivity index is 2.03. The second-order valence-corrected chi connectivity index (χ2v) is 7.09. The fourth-order valence-corrected chi connectivity index (χ4v) is 3.19. The Labute approximate surface area is 195 Å². The number of amides is 4. The lowest BCUT2D eigenvalue weighted by Crippen LogP contribution is -2.54. The number of carbonyl (C=O) groups is 4. The highest BCUT2D eigenvalue weighted by Crippen LogP contribution is 2.35. The van der Waals surface area contributed by atoms with Crippen LogP contribution in [-0.4, -0.2) is 48.2 Å². The highest BCUT2D eigenvalue weighted by Gasteiger charge is 2.38. The molecule has 1 saturated heterocycles. The van der Waals surface area contributed by atoms with Crippen molar-refractivity contribution in [2.24, 2.45) is 0 Å². The van der Waals surface area contributed by atoms with E-state index in [1.165, 1.54) is 25.1 Å². The highest BCUT2D eigenvalue weighted by molar-refractivity contribution is 6.39. The summed E-state index contributed by atoms with van der Waals surface area (Å²) in [7, 11) is 0. The second-order valence-electron chi connectivity index (χ2n) is 7.09. The van der Waals surface area contributed by atoms with Crippen molar-refractivity contribution in [1.29, 1.82) is 0 Å². The SMILES string of the molecule is CCOc1ccc(N2C(=O)NC(=O)/C(=C\c3ccccc3O[C@@H](C)C(=O)O)C2=O)c(OCC)c1. The Hall–Kier alpha value is -4.34. The van der Waals surface area contributed by atoms with E-state index >= 15 is 0 Å². The number of nitrogens with one attached hydrogen (secondary N) is 1. The van der Waals surface area contributed by atoms with E-state index in [4.69, 9.17) is 19.3 Å². The molecule has 0 unspecified atom stereocenters. The largest absolute Gasteiger partial charge is 0.494 e. The summed E-state index contributed by atoms with van der Waals surface area (Å²) in [6, 6.07) is 10.0. The van der Waals surface area contributed by atoms with Crippen LogP contribution in [0.5, 0.6) is 17.2 Å². The number of aliphatic carboxylic acids is 1. The third-order valence-corrected chi connectivity index (χ3v) is 4.76. The van der Waals surface area contributed by atoms with Crippen LogP contribution >= 0.6 is 0 Å². The third kappa shape index (κ3) is 5.17. The van der Waals surface area contributed by atoms with Gasteiger partial charge in [0.05, 0.1) is 18.9 Å². The average molecular weight is 468 g/mol. The number of carbonyl (C=O) groups excluding carboxylic acids is 3. The van der Waals surface area contributed by atoms with Crippen LogP contribution in [0.15, 0.2) is 48.0 Å². The minimum absolute atomic E-state index is 0.134. The fraction of sp³-hybridized carbons (Fsp3) is 0.250. The molecule has 0 aromatic heterocycles. The quantitative estimate of drug-likeness (QED) is 0.424. The van der Waals surface area contributed by atoms with Crippen LogP contribution in [0.4, 0.5) is 10.5 Å². The molecule has 0 spiro atoms. The van der Waals surface area contributed by atoms with Gasteiger partial charge in [0.15, 0.2) is 6.10 Å². The van der Waals surface area contributed by atoms with Gasteiger partial charge in [-0.05, 0) is 45.0 Å². The number of benzene rings is 2. The molecular weight excluding hydrogens is 444 g/mol. The van der Waals surface area contributed by atoms with E-state index in [-0.39, 0.29) is 29.4 Å². The van der Waals surface area contributed by atoms with Gasteiger partial charge < -0.3 is 19.3 Å². The minimum Gasteiger partial charge on any atom is -0.494 e. The molecule has 0 saturated carbocycles. The Bertz CT molecular complexity index is 1160. The number of imide groups is 2. The molecular formula is C24H24N2O8. The van der Waals surface area contributed by atoms with Crippen molar-refractivity contribution < 1.29 is 38.5 Å². The molecule has 1 aliphatic heterocycles. The Morgan fingerprint density at radius 3 is 2.44 bits per heavy atom. The van der Waals surface area contributed by atoms with Crippen molar-refractivity contribution in [3.63, 3.8) is 0 Å². The number of para-hydroxylation sites is 1. The summed E-state index contributed by atoms with van der Waals surface area (Å²) in [5, 5.41) is 11.3. The van der Waals surface area contributed by atoms with Crippen LogP contribution in [0, 0.1) is 0 Å². The monoisotopic (exact) mass is 468 g/mol. The molecule has 1 heterocycles. The van der Waals surface area contributed by atoms with Gasteiger partial charge in [-0.2, -0.15) is 0 Å². The molecule has 2 aromatic carbocycles. The normalized spacial score (nSPS) is 15.7. The first-order chi connectivity index (χ1) is 16.3. The zero-order valence-electron chi connectivity index (χ0n) is 18.9. The number of rotatable bonds is 9. The maximum Gasteiger partial charge on any atom is 0.344 e. The predicted molar refractivity (Wildman–Crippen MR) is 122 cm³/mol. The van der Waals surface area contributed by atoms with Crippen LogP contribution in [0.25, 0.3) is 6.08 Å². The molecule has 2 N–H and O–H groups in total. The van der Waals surface area contributed by atoms with Gasteiger partial charge in [0.25, 0.3) is 11.8 Å². The minimum atomic E-state index is -1.18. The summed E-state index contributed by atoms with van der Waals surface area (Å²) in [4.78, 5) is 50.5. The van der Waals surface area contributed by atoms with Crippen molar-refractivity contribution in [2.75, 3.05) is 18.1 Å². The van der Waals surface area contributed by atoms with E-state index in [9.17, 15) is 19.2 Å². The van der Waals surface area contributed by atoms with Gasteiger partial charge >= 0.3 is 12.0 Å². The molecule has 2 aromatic rings. The Morgan fingerprint density at radius 1 is 1.06 bits per heavy atom. The van der Waals surface area contributed by atoms with Crippen LogP contribution < -0.4 is 24.4 Å². The maximum absolute atomic E-state index is 13.3. The number of hydrogen-bond donors (Lipinski definition) is 2. The lowest BCUT2D eigenvalue weighted by molar-refractivity contribution is -0.144. The van der Waals surface area contributed by atoms with Crippen molar-refractivity contribution in [1.82, 2.24) is 5.32 Å². The molecule has 178 valence electrons. The van der Waals surface area contributed by atoms with Crippen LogP contribution in [0.3, 0.4) is 0 Å². The number of carboxylic acids is 1. The number of nitrogens with zero attached hydrogens (tertiary/aromatic N) is 1. The molecule has 3 rings (SSSR count). The van der Waals surface area contributed by atoms with Gasteiger partial charge in [-0.1, -0.05) is 18.2 Å².